The van der Waals surface area contributed by atoms with Crippen molar-refractivity contribution >= 4 is 38.9 Å². The van der Waals surface area contributed by atoms with E-state index < -0.39 is 22.5 Å². The summed E-state index contributed by atoms with van der Waals surface area (Å²) in [5.74, 6) is -0.568. The molecule has 4 aromatic rings. The molecule has 40 heavy (non-hydrogen) atoms. The van der Waals surface area contributed by atoms with Crippen LogP contribution < -0.4 is 19.8 Å². The monoisotopic (exact) mass is 556 g/mol. The molecule has 0 fully saturated rings. The summed E-state index contributed by atoms with van der Waals surface area (Å²) in [6.45, 7) is 1.18. The molecule has 10 heteroatoms. The minimum atomic E-state index is -4.10. The minimum Gasteiger partial charge on any atom is -0.495 e. The average molecular weight is 557 g/mol. The molecule has 0 bridgehead atoms. The minimum absolute atomic E-state index is 0.0350. The molecule has 4 rings (SSSR count). The maximum absolute atomic E-state index is 13.5. The first-order valence-corrected chi connectivity index (χ1v) is 13.7. The molecule has 4 aromatic carbocycles. The van der Waals surface area contributed by atoms with Crippen molar-refractivity contribution in [3.63, 3.8) is 0 Å². The van der Waals surface area contributed by atoms with Crippen LogP contribution in [0.15, 0.2) is 119 Å². The van der Waals surface area contributed by atoms with Crippen LogP contribution in [-0.2, 0) is 14.8 Å². The lowest BCUT2D eigenvalue weighted by atomic mass is 10.1. The molecule has 0 heterocycles. The van der Waals surface area contributed by atoms with E-state index in [1.54, 1.807) is 97.9 Å². The Balaban J connectivity index is 1.48. The van der Waals surface area contributed by atoms with Crippen LogP contribution in [0, 0.1) is 0 Å². The molecule has 0 aliphatic carbocycles. The standard InChI is InChI=1S/C30H28N4O5S/c1-22(23-17-19-25(20-18-23)31-30(36)24-11-5-3-6-12-24)32-33-29(35)21-34(27-15-9-10-16-28(27)39-2)40(37,38)26-13-7-4-8-14-26/h3-20H,21H2,1-2H3,(H,31,36)(H,33,35)/b32-22-. The number of ether oxygens (including phenoxy) is 1. The maximum atomic E-state index is 13.5. The highest BCUT2D eigenvalue weighted by Crippen LogP contribution is 2.32. The molecule has 204 valence electrons. The van der Waals surface area contributed by atoms with Gasteiger partial charge >= 0.3 is 0 Å². The number of anilines is 2. The van der Waals surface area contributed by atoms with Gasteiger partial charge in [-0.15, -0.1) is 0 Å². The highest BCUT2D eigenvalue weighted by molar-refractivity contribution is 7.92. The Kier molecular flexibility index (Phi) is 8.93. The largest absolute Gasteiger partial charge is 0.495 e. The normalized spacial score (nSPS) is 11.4. The number of para-hydroxylation sites is 2. The van der Waals surface area contributed by atoms with Gasteiger partial charge in [0.2, 0.25) is 0 Å². The fourth-order valence-corrected chi connectivity index (χ4v) is 5.27. The van der Waals surface area contributed by atoms with Gasteiger partial charge in [0.25, 0.3) is 21.8 Å². The van der Waals surface area contributed by atoms with Gasteiger partial charge in [-0.1, -0.05) is 60.7 Å². The van der Waals surface area contributed by atoms with E-state index in [0.29, 0.717) is 28.3 Å². The summed E-state index contributed by atoms with van der Waals surface area (Å²) in [6.07, 6.45) is 0. The van der Waals surface area contributed by atoms with Crippen molar-refractivity contribution in [3.8, 4) is 5.75 Å². The predicted octanol–water partition coefficient (Wildman–Crippen LogP) is 4.68. The summed E-state index contributed by atoms with van der Waals surface area (Å²) in [6, 6.07) is 30.3. The van der Waals surface area contributed by atoms with E-state index in [2.05, 4.69) is 15.8 Å². The third kappa shape index (κ3) is 6.72. The van der Waals surface area contributed by atoms with Crippen molar-refractivity contribution < 1.29 is 22.7 Å². The summed E-state index contributed by atoms with van der Waals surface area (Å²) in [4.78, 5) is 25.3. The summed E-state index contributed by atoms with van der Waals surface area (Å²) < 4.78 is 33.4. The Morgan fingerprint density at radius 1 is 0.800 bits per heavy atom. The van der Waals surface area contributed by atoms with E-state index in [1.165, 1.54) is 19.2 Å². The van der Waals surface area contributed by atoms with Gasteiger partial charge in [-0.25, -0.2) is 13.8 Å². The summed E-state index contributed by atoms with van der Waals surface area (Å²) >= 11 is 0. The zero-order valence-corrected chi connectivity index (χ0v) is 22.8. The first-order chi connectivity index (χ1) is 19.3. The van der Waals surface area contributed by atoms with Crippen LogP contribution in [0.25, 0.3) is 0 Å². The Morgan fingerprint density at radius 2 is 1.40 bits per heavy atom. The molecule has 0 unspecified atom stereocenters. The molecule has 0 aliphatic rings. The number of nitrogens with one attached hydrogen (secondary N) is 2. The first-order valence-electron chi connectivity index (χ1n) is 12.3. The molecule has 0 aromatic heterocycles. The highest BCUT2D eigenvalue weighted by Gasteiger charge is 2.29. The van der Waals surface area contributed by atoms with Crippen LogP contribution in [0.4, 0.5) is 11.4 Å². The number of nitrogens with zero attached hydrogens (tertiary/aromatic N) is 2. The molecule has 2 N–H and O–H groups in total. The van der Waals surface area contributed by atoms with E-state index in [0.717, 1.165) is 4.31 Å². The van der Waals surface area contributed by atoms with Crippen molar-refractivity contribution in [2.75, 3.05) is 23.3 Å². The summed E-state index contributed by atoms with van der Waals surface area (Å²) in [5.41, 5.74) is 5.01. The first kappa shape index (κ1) is 28.1. The lowest BCUT2D eigenvalue weighted by Gasteiger charge is -2.25. The van der Waals surface area contributed by atoms with Crippen LogP contribution in [0.3, 0.4) is 0 Å². The van der Waals surface area contributed by atoms with Gasteiger partial charge in [0.1, 0.15) is 12.3 Å². The number of hydrazone groups is 1. The fourth-order valence-electron chi connectivity index (χ4n) is 3.82. The number of benzene rings is 4. The lowest BCUT2D eigenvalue weighted by molar-refractivity contribution is -0.119. The maximum Gasteiger partial charge on any atom is 0.264 e. The van der Waals surface area contributed by atoms with Crippen LogP contribution in [0.5, 0.6) is 5.75 Å². The Hall–Kier alpha value is -4.96. The van der Waals surface area contributed by atoms with Gasteiger partial charge < -0.3 is 10.1 Å². The molecule has 0 aliphatic heterocycles. The van der Waals surface area contributed by atoms with Gasteiger partial charge in [0, 0.05) is 11.3 Å². The van der Waals surface area contributed by atoms with Gasteiger partial charge in [0.05, 0.1) is 23.4 Å². The average Bonchev–Trinajstić information content (AvgIpc) is 2.99. The zero-order chi connectivity index (χ0) is 28.5. The topological polar surface area (TPSA) is 117 Å². The third-order valence-corrected chi connectivity index (χ3v) is 7.69. The Bertz CT molecular complexity index is 1610. The molecule has 0 saturated heterocycles. The molecular formula is C30H28N4O5S. The van der Waals surface area contributed by atoms with Crippen LogP contribution in [-0.4, -0.2) is 39.6 Å². The molecule has 0 spiro atoms. The lowest BCUT2D eigenvalue weighted by Crippen LogP contribution is -2.40. The van der Waals surface area contributed by atoms with Crippen LogP contribution in [0.1, 0.15) is 22.8 Å². The second-order valence-corrected chi connectivity index (χ2v) is 10.5. The van der Waals surface area contributed by atoms with E-state index >= 15 is 0 Å². The van der Waals surface area contributed by atoms with Crippen LogP contribution >= 0.6 is 0 Å². The molecule has 0 saturated carbocycles. The molecule has 0 radical (unpaired) electrons. The van der Waals surface area contributed by atoms with Crippen LogP contribution in [0.2, 0.25) is 0 Å². The Morgan fingerprint density at radius 3 is 2.05 bits per heavy atom. The van der Waals surface area contributed by atoms with E-state index in [9.17, 15) is 18.0 Å². The molecule has 2 amide bonds. The summed E-state index contributed by atoms with van der Waals surface area (Å²) in [7, 11) is -2.67. The van der Waals surface area contributed by atoms with Gasteiger partial charge in [-0.2, -0.15) is 5.10 Å². The van der Waals surface area contributed by atoms with Crippen molar-refractivity contribution in [2.24, 2.45) is 5.10 Å². The number of hydrogen-bond donors (Lipinski definition) is 2. The number of amides is 2. The number of rotatable bonds is 10. The van der Waals surface area contributed by atoms with Crippen molar-refractivity contribution in [2.45, 2.75) is 11.8 Å². The zero-order valence-electron chi connectivity index (χ0n) is 21.9. The summed E-state index contributed by atoms with van der Waals surface area (Å²) in [5, 5.41) is 6.98. The highest BCUT2D eigenvalue weighted by atomic mass is 32.2. The molecule has 0 atom stereocenters. The number of carbonyl (C=O) groups is 2. The molecule has 9 nitrogen and oxygen atoms in total. The second kappa shape index (κ2) is 12.7. The number of hydrogen-bond acceptors (Lipinski definition) is 6. The van der Waals surface area contributed by atoms with E-state index in [1.807, 2.05) is 6.07 Å². The smallest absolute Gasteiger partial charge is 0.264 e. The van der Waals surface area contributed by atoms with Gasteiger partial charge in [-0.05, 0) is 61.0 Å². The van der Waals surface area contributed by atoms with Crippen molar-refractivity contribution in [3.05, 3.63) is 120 Å². The second-order valence-electron chi connectivity index (χ2n) is 8.63. The predicted molar refractivity (Wildman–Crippen MR) is 155 cm³/mol. The SMILES string of the molecule is COc1ccccc1N(CC(=O)N/N=C(/C)c1ccc(NC(=O)c2ccccc2)cc1)S(=O)(=O)c1ccccc1. The van der Waals surface area contributed by atoms with E-state index in [-0.39, 0.29) is 16.5 Å². The van der Waals surface area contributed by atoms with Crippen molar-refractivity contribution in [1.29, 1.82) is 0 Å². The quantitative estimate of drug-likeness (QED) is 0.217. The van der Waals surface area contributed by atoms with Crippen molar-refractivity contribution in [1.82, 2.24) is 5.43 Å². The fraction of sp³-hybridized carbons (Fsp3) is 0.100. The number of methoxy groups -OCH3 is 1. The van der Waals surface area contributed by atoms with Gasteiger partial charge in [-0.3, -0.25) is 13.9 Å². The third-order valence-electron chi connectivity index (χ3n) is 5.92. The number of sulfonamides is 1. The Labute approximate surface area is 233 Å². The van der Waals surface area contributed by atoms with E-state index in [4.69, 9.17) is 4.74 Å². The molecular weight excluding hydrogens is 528 g/mol. The van der Waals surface area contributed by atoms with Gasteiger partial charge in [0.15, 0.2) is 0 Å². The number of carbonyl (C=O) groups excluding carboxylic acids is 2.